The zero-order valence-electron chi connectivity index (χ0n) is 17.6. The Balaban J connectivity index is 1.85. The van der Waals surface area contributed by atoms with Crippen LogP contribution in [0.5, 0.6) is 5.75 Å². The standard InChI is InChI=1S/C23H23F6N3O/c24-22(25,26)11-12-32(14-16-3-6-18(7-4-16)33-23(27,28)29)20-8-5-17(13-19(20)31)21(15-30)9-1-2-10-21/h3-8,13H,1-2,9-12,14,31H2. The fourth-order valence-corrected chi connectivity index (χ4v) is 4.15. The zero-order chi connectivity index (χ0) is 24.3. The fraction of sp³-hybridized carbons (Fsp3) is 0.435. The van der Waals surface area contributed by atoms with Gasteiger partial charge in [-0.3, -0.25) is 0 Å². The van der Waals surface area contributed by atoms with Crippen LogP contribution in [0.1, 0.15) is 43.2 Å². The summed E-state index contributed by atoms with van der Waals surface area (Å²) >= 11 is 0. The number of hydrogen-bond acceptors (Lipinski definition) is 4. The Kier molecular flexibility index (Phi) is 7.00. The van der Waals surface area contributed by atoms with E-state index in [1.165, 1.54) is 17.0 Å². The van der Waals surface area contributed by atoms with Gasteiger partial charge in [0.25, 0.3) is 0 Å². The van der Waals surface area contributed by atoms with Crippen molar-refractivity contribution in [2.45, 2.75) is 56.6 Å². The topological polar surface area (TPSA) is 62.3 Å². The number of benzene rings is 2. The van der Waals surface area contributed by atoms with E-state index in [2.05, 4.69) is 10.8 Å². The van der Waals surface area contributed by atoms with Crippen molar-refractivity contribution in [3.63, 3.8) is 0 Å². The molecule has 0 unspecified atom stereocenters. The van der Waals surface area contributed by atoms with Crippen molar-refractivity contribution in [3.05, 3.63) is 53.6 Å². The Bertz CT molecular complexity index is 989. The molecule has 0 spiro atoms. The summed E-state index contributed by atoms with van der Waals surface area (Å²) in [7, 11) is 0. The lowest BCUT2D eigenvalue weighted by atomic mass is 9.80. The summed E-state index contributed by atoms with van der Waals surface area (Å²) < 4.78 is 79.7. The molecule has 2 aromatic carbocycles. The molecule has 1 aliphatic carbocycles. The quantitative estimate of drug-likeness (QED) is 0.372. The van der Waals surface area contributed by atoms with E-state index in [4.69, 9.17) is 5.73 Å². The van der Waals surface area contributed by atoms with Gasteiger partial charge in [-0.2, -0.15) is 18.4 Å². The predicted octanol–water partition coefficient (Wildman–Crippen LogP) is 6.46. The lowest BCUT2D eigenvalue weighted by Gasteiger charge is -2.29. The summed E-state index contributed by atoms with van der Waals surface area (Å²) in [5.74, 6) is -0.421. The molecule has 1 aliphatic rings. The van der Waals surface area contributed by atoms with Gasteiger partial charge in [0.1, 0.15) is 5.75 Å². The fourth-order valence-electron chi connectivity index (χ4n) is 4.15. The molecule has 0 atom stereocenters. The average Bonchev–Trinajstić information content (AvgIpc) is 3.21. The van der Waals surface area contributed by atoms with Gasteiger partial charge in [0, 0.05) is 13.1 Å². The smallest absolute Gasteiger partial charge is 0.406 e. The van der Waals surface area contributed by atoms with Gasteiger partial charge in [-0.05, 0) is 48.2 Å². The molecule has 0 radical (unpaired) electrons. The first-order valence-corrected chi connectivity index (χ1v) is 10.4. The van der Waals surface area contributed by atoms with Crippen LogP contribution in [0.15, 0.2) is 42.5 Å². The molecule has 0 heterocycles. The largest absolute Gasteiger partial charge is 0.573 e. The van der Waals surface area contributed by atoms with Crippen molar-refractivity contribution in [1.82, 2.24) is 0 Å². The van der Waals surface area contributed by atoms with Crippen molar-refractivity contribution in [2.24, 2.45) is 0 Å². The predicted molar refractivity (Wildman–Crippen MR) is 111 cm³/mol. The number of ether oxygens (including phenoxy) is 1. The number of nitrogens with zero attached hydrogens (tertiary/aromatic N) is 2. The molecule has 0 amide bonds. The number of halogens is 6. The van der Waals surface area contributed by atoms with Crippen LogP contribution < -0.4 is 15.4 Å². The van der Waals surface area contributed by atoms with Gasteiger partial charge in [-0.15, -0.1) is 13.2 Å². The molecule has 2 N–H and O–H groups in total. The second kappa shape index (κ2) is 9.41. The van der Waals surface area contributed by atoms with E-state index in [-0.39, 0.29) is 12.2 Å². The van der Waals surface area contributed by atoms with E-state index in [9.17, 15) is 31.6 Å². The number of hydrogen-bond donors (Lipinski definition) is 1. The second-order valence-electron chi connectivity index (χ2n) is 8.15. The monoisotopic (exact) mass is 471 g/mol. The number of nitrogen functional groups attached to an aromatic ring is 1. The van der Waals surface area contributed by atoms with Crippen LogP contribution in [-0.4, -0.2) is 19.1 Å². The van der Waals surface area contributed by atoms with Gasteiger partial charge in [0.15, 0.2) is 0 Å². The van der Waals surface area contributed by atoms with Gasteiger partial charge < -0.3 is 15.4 Å². The van der Waals surface area contributed by atoms with Crippen LogP contribution in [-0.2, 0) is 12.0 Å². The molecule has 1 saturated carbocycles. The van der Waals surface area contributed by atoms with E-state index in [1.54, 1.807) is 18.2 Å². The maximum Gasteiger partial charge on any atom is 0.573 e. The lowest BCUT2D eigenvalue weighted by Crippen LogP contribution is -2.29. The highest BCUT2D eigenvalue weighted by molar-refractivity contribution is 5.69. The maximum absolute atomic E-state index is 12.9. The molecule has 0 aromatic heterocycles. The number of nitrogens with two attached hydrogens (primary N) is 1. The summed E-state index contributed by atoms with van der Waals surface area (Å²) in [6.07, 6.45) is -7.09. The summed E-state index contributed by atoms with van der Waals surface area (Å²) in [6.45, 7) is -0.396. The van der Waals surface area contributed by atoms with E-state index in [0.29, 0.717) is 24.1 Å². The van der Waals surface area contributed by atoms with Crippen LogP contribution in [0.4, 0.5) is 37.7 Å². The highest BCUT2D eigenvalue weighted by Gasteiger charge is 2.36. The molecule has 4 nitrogen and oxygen atoms in total. The minimum Gasteiger partial charge on any atom is -0.406 e. The van der Waals surface area contributed by atoms with E-state index < -0.39 is 36.7 Å². The van der Waals surface area contributed by atoms with Crippen LogP contribution >= 0.6 is 0 Å². The SMILES string of the molecule is N#CC1(c2ccc(N(CCC(F)(F)F)Cc3ccc(OC(F)(F)F)cc3)c(N)c2)CCCC1. The van der Waals surface area contributed by atoms with E-state index in [1.807, 2.05) is 0 Å². The summed E-state index contributed by atoms with van der Waals surface area (Å²) in [4.78, 5) is 1.43. The molecule has 10 heteroatoms. The number of rotatable bonds is 7. The normalized spacial score (nSPS) is 15.8. The lowest BCUT2D eigenvalue weighted by molar-refractivity contribution is -0.274. The number of nitriles is 1. The molecule has 0 aliphatic heterocycles. The molecule has 0 bridgehead atoms. The Labute approximate surface area is 187 Å². The first-order chi connectivity index (χ1) is 15.4. The molecule has 2 aromatic rings. The minimum atomic E-state index is -4.84. The Morgan fingerprint density at radius 2 is 1.64 bits per heavy atom. The molecular formula is C23H23F6N3O. The van der Waals surface area contributed by atoms with Crippen molar-refractivity contribution in [3.8, 4) is 11.8 Å². The highest BCUT2D eigenvalue weighted by Crippen LogP contribution is 2.42. The van der Waals surface area contributed by atoms with Crippen LogP contribution in [0.25, 0.3) is 0 Å². The van der Waals surface area contributed by atoms with Gasteiger partial charge in [-0.1, -0.05) is 31.0 Å². The van der Waals surface area contributed by atoms with Crippen LogP contribution in [0.2, 0.25) is 0 Å². The van der Waals surface area contributed by atoms with Crippen molar-refractivity contribution in [2.75, 3.05) is 17.2 Å². The molecule has 178 valence electrons. The Hall–Kier alpha value is -3.09. The molecule has 1 fully saturated rings. The molecule has 0 saturated heterocycles. The Morgan fingerprint density at radius 3 is 2.15 bits per heavy atom. The van der Waals surface area contributed by atoms with Gasteiger partial charge >= 0.3 is 12.5 Å². The second-order valence-corrected chi connectivity index (χ2v) is 8.15. The molecule has 33 heavy (non-hydrogen) atoms. The minimum absolute atomic E-state index is 0.00465. The zero-order valence-corrected chi connectivity index (χ0v) is 17.6. The third kappa shape index (κ3) is 6.46. The summed E-state index contributed by atoms with van der Waals surface area (Å²) in [5, 5.41) is 9.69. The maximum atomic E-state index is 12.9. The van der Waals surface area contributed by atoms with Crippen LogP contribution in [0.3, 0.4) is 0 Å². The molecular weight excluding hydrogens is 448 g/mol. The third-order valence-electron chi connectivity index (χ3n) is 5.79. The number of anilines is 2. The van der Waals surface area contributed by atoms with Gasteiger partial charge in [0.05, 0.1) is 29.3 Å². The van der Waals surface area contributed by atoms with E-state index >= 15 is 0 Å². The molecule has 3 rings (SSSR count). The first-order valence-electron chi connectivity index (χ1n) is 10.4. The summed E-state index contributed by atoms with van der Waals surface area (Å²) in [6, 6.07) is 12.3. The van der Waals surface area contributed by atoms with Crippen molar-refractivity contribution < 1.29 is 31.1 Å². The van der Waals surface area contributed by atoms with Crippen molar-refractivity contribution >= 4 is 11.4 Å². The average molecular weight is 471 g/mol. The first kappa shape index (κ1) is 24.6. The third-order valence-corrected chi connectivity index (χ3v) is 5.79. The van der Waals surface area contributed by atoms with Crippen LogP contribution in [0, 0.1) is 11.3 Å². The summed E-state index contributed by atoms with van der Waals surface area (Å²) in [5.41, 5.74) is 7.41. The van der Waals surface area contributed by atoms with Crippen molar-refractivity contribution in [1.29, 1.82) is 5.26 Å². The van der Waals surface area contributed by atoms with Gasteiger partial charge in [-0.25, -0.2) is 0 Å². The number of alkyl halides is 6. The highest BCUT2D eigenvalue weighted by atomic mass is 19.4. The van der Waals surface area contributed by atoms with E-state index in [0.717, 1.165) is 30.5 Å². The van der Waals surface area contributed by atoms with Gasteiger partial charge in [0.2, 0.25) is 0 Å². The Morgan fingerprint density at radius 1 is 1.00 bits per heavy atom.